The molecule has 2 aliphatic heterocycles. The maximum atomic E-state index is 12.5. The van der Waals surface area contributed by atoms with E-state index in [9.17, 15) is 4.79 Å². The van der Waals surface area contributed by atoms with Crippen LogP contribution < -0.4 is 0 Å². The summed E-state index contributed by atoms with van der Waals surface area (Å²) in [6, 6.07) is 18.5. The molecule has 0 aliphatic carbocycles. The Balaban J connectivity index is 1.59. The maximum Gasteiger partial charge on any atom is 0.278 e. The number of carbonyl (C=O) groups excluding carboxylic acids is 1. The highest BCUT2D eigenvalue weighted by Gasteiger charge is 2.31. The fourth-order valence-corrected chi connectivity index (χ4v) is 3.96. The number of carbonyl (C=O) groups is 1. The normalized spacial score (nSPS) is 19.2. The molecule has 0 saturated carbocycles. The van der Waals surface area contributed by atoms with Crippen molar-refractivity contribution in [3.8, 4) is 11.1 Å². The number of fused-ring (bicyclic) bond motifs is 1. The third-order valence-corrected chi connectivity index (χ3v) is 5.30. The van der Waals surface area contributed by atoms with Crippen molar-refractivity contribution in [2.24, 2.45) is 4.99 Å². The Morgan fingerprint density at radius 2 is 1.71 bits per heavy atom. The van der Waals surface area contributed by atoms with Gasteiger partial charge in [-0.3, -0.25) is 9.69 Å². The molecule has 1 fully saturated rings. The van der Waals surface area contributed by atoms with Gasteiger partial charge in [0.25, 0.3) is 5.91 Å². The van der Waals surface area contributed by atoms with Crippen molar-refractivity contribution < 1.29 is 4.79 Å². The zero-order valence-corrected chi connectivity index (χ0v) is 14.1. The summed E-state index contributed by atoms with van der Waals surface area (Å²) in [4.78, 5) is 18.9. The van der Waals surface area contributed by atoms with Gasteiger partial charge in [0.05, 0.1) is 0 Å². The fraction of sp³-hybridized carbons (Fsp3) is 0.200. The largest absolute Gasteiger partial charge is 0.286 e. The van der Waals surface area contributed by atoms with Gasteiger partial charge < -0.3 is 0 Å². The van der Waals surface area contributed by atoms with Gasteiger partial charge in [0.15, 0.2) is 5.17 Å². The van der Waals surface area contributed by atoms with Gasteiger partial charge in [0.2, 0.25) is 0 Å². The molecule has 3 nitrogen and oxygen atoms in total. The van der Waals surface area contributed by atoms with Crippen molar-refractivity contribution in [3.05, 3.63) is 65.9 Å². The number of thioether (sulfide) groups is 1. The first-order chi connectivity index (χ1) is 11.8. The Bertz CT molecular complexity index is 809. The smallest absolute Gasteiger partial charge is 0.278 e. The molecule has 0 atom stereocenters. The molecule has 1 saturated heterocycles. The Morgan fingerprint density at radius 1 is 0.958 bits per heavy atom. The van der Waals surface area contributed by atoms with Crippen LogP contribution in [0.4, 0.5) is 0 Å². The van der Waals surface area contributed by atoms with E-state index in [0.717, 1.165) is 35.9 Å². The van der Waals surface area contributed by atoms with Crippen LogP contribution in [-0.4, -0.2) is 28.3 Å². The lowest BCUT2D eigenvalue weighted by atomic mass is 10.0. The second-order valence-corrected chi connectivity index (χ2v) is 6.99. The first kappa shape index (κ1) is 15.2. The zero-order valence-electron chi connectivity index (χ0n) is 13.3. The number of aliphatic imine (C=N–C) groups is 1. The predicted octanol–water partition coefficient (Wildman–Crippen LogP) is 4.42. The minimum absolute atomic E-state index is 0.0338. The molecule has 0 N–H and O–H groups in total. The molecule has 0 bridgehead atoms. The van der Waals surface area contributed by atoms with E-state index in [-0.39, 0.29) is 5.91 Å². The van der Waals surface area contributed by atoms with Gasteiger partial charge >= 0.3 is 0 Å². The SMILES string of the molecule is O=C1/C(=C/c2ccc(-c3ccccc3)cc2)N=C2SCCCCN12. The van der Waals surface area contributed by atoms with Crippen LogP contribution in [0.2, 0.25) is 0 Å². The lowest BCUT2D eigenvalue weighted by Gasteiger charge is -2.13. The average Bonchev–Trinajstić information content (AvgIpc) is 2.79. The summed E-state index contributed by atoms with van der Waals surface area (Å²) >= 11 is 1.69. The van der Waals surface area contributed by atoms with Crippen LogP contribution in [0.15, 0.2) is 65.3 Å². The van der Waals surface area contributed by atoms with Crippen LogP contribution in [-0.2, 0) is 4.79 Å². The molecule has 1 amide bonds. The lowest BCUT2D eigenvalue weighted by molar-refractivity contribution is -0.122. The first-order valence-electron chi connectivity index (χ1n) is 8.22. The van der Waals surface area contributed by atoms with Crippen molar-refractivity contribution in [2.45, 2.75) is 12.8 Å². The highest BCUT2D eigenvalue weighted by atomic mass is 32.2. The summed E-state index contributed by atoms with van der Waals surface area (Å²) in [5.41, 5.74) is 3.92. The van der Waals surface area contributed by atoms with Gasteiger partial charge in [-0.2, -0.15) is 0 Å². The summed E-state index contributed by atoms with van der Waals surface area (Å²) < 4.78 is 0. The second kappa shape index (κ2) is 6.65. The molecule has 0 spiro atoms. The van der Waals surface area contributed by atoms with E-state index >= 15 is 0 Å². The Kier molecular flexibility index (Phi) is 4.22. The van der Waals surface area contributed by atoms with Crippen LogP contribution in [0, 0.1) is 0 Å². The number of hydrogen-bond acceptors (Lipinski definition) is 3. The molecular weight excluding hydrogens is 316 g/mol. The van der Waals surface area contributed by atoms with Crippen molar-refractivity contribution in [1.82, 2.24) is 4.90 Å². The quantitative estimate of drug-likeness (QED) is 0.762. The van der Waals surface area contributed by atoms with Crippen molar-refractivity contribution in [2.75, 3.05) is 12.3 Å². The number of rotatable bonds is 2. The van der Waals surface area contributed by atoms with Gasteiger partial charge in [-0.15, -0.1) is 0 Å². The second-order valence-electron chi connectivity index (χ2n) is 5.92. The molecule has 2 aromatic rings. The van der Waals surface area contributed by atoms with Crippen LogP contribution in [0.3, 0.4) is 0 Å². The minimum Gasteiger partial charge on any atom is -0.286 e. The van der Waals surface area contributed by atoms with E-state index in [1.54, 1.807) is 11.8 Å². The van der Waals surface area contributed by atoms with Crippen molar-refractivity contribution >= 4 is 28.9 Å². The molecule has 24 heavy (non-hydrogen) atoms. The monoisotopic (exact) mass is 334 g/mol. The zero-order chi connectivity index (χ0) is 16.4. The van der Waals surface area contributed by atoms with Crippen molar-refractivity contribution in [1.29, 1.82) is 0 Å². The molecule has 4 heteroatoms. The first-order valence-corrected chi connectivity index (χ1v) is 9.20. The molecule has 4 rings (SSSR count). The Labute approximate surface area is 146 Å². The van der Waals surface area contributed by atoms with E-state index < -0.39 is 0 Å². The number of amidine groups is 1. The molecule has 0 aromatic heterocycles. The summed E-state index contributed by atoms with van der Waals surface area (Å²) in [5.74, 6) is 1.08. The number of amides is 1. The fourth-order valence-electron chi connectivity index (χ4n) is 2.93. The lowest BCUT2D eigenvalue weighted by Crippen LogP contribution is -2.30. The van der Waals surface area contributed by atoms with Gasteiger partial charge in [0, 0.05) is 12.3 Å². The third-order valence-electron chi connectivity index (χ3n) is 4.24. The maximum absolute atomic E-state index is 12.5. The van der Waals surface area contributed by atoms with Gasteiger partial charge in [0.1, 0.15) is 5.70 Å². The van der Waals surface area contributed by atoms with E-state index in [1.165, 1.54) is 11.1 Å². The summed E-state index contributed by atoms with van der Waals surface area (Å²) in [6.45, 7) is 0.787. The van der Waals surface area contributed by atoms with Gasteiger partial charge in [-0.25, -0.2) is 4.99 Å². The number of benzene rings is 2. The van der Waals surface area contributed by atoms with Crippen LogP contribution in [0.1, 0.15) is 18.4 Å². The molecule has 0 unspecified atom stereocenters. The van der Waals surface area contributed by atoms with Gasteiger partial charge in [-0.1, -0.05) is 66.4 Å². The van der Waals surface area contributed by atoms with Gasteiger partial charge in [-0.05, 0) is 35.6 Å². The minimum atomic E-state index is 0.0338. The molecule has 2 aromatic carbocycles. The molecule has 120 valence electrons. The summed E-state index contributed by atoms with van der Waals surface area (Å²) in [7, 11) is 0. The Hall–Kier alpha value is -2.33. The van der Waals surface area contributed by atoms with E-state index in [0.29, 0.717) is 5.70 Å². The Morgan fingerprint density at radius 3 is 2.50 bits per heavy atom. The van der Waals surface area contributed by atoms with Crippen LogP contribution >= 0.6 is 11.8 Å². The number of nitrogens with zero attached hydrogens (tertiary/aromatic N) is 2. The molecule has 2 aliphatic rings. The standard InChI is InChI=1S/C20H18N2OS/c23-19-18(21-20-22(19)12-4-5-13-24-20)14-15-8-10-17(11-9-15)16-6-2-1-3-7-16/h1-3,6-11,14H,4-5,12-13H2/b18-14-. The average molecular weight is 334 g/mol. The highest BCUT2D eigenvalue weighted by Crippen LogP contribution is 2.28. The van der Waals surface area contributed by atoms with Crippen LogP contribution in [0.5, 0.6) is 0 Å². The predicted molar refractivity (Wildman–Crippen MR) is 101 cm³/mol. The molecule has 0 radical (unpaired) electrons. The topological polar surface area (TPSA) is 32.7 Å². The summed E-state index contributed by atoms with van der Waals surface area (Å²) in [5, 5.41) is 0.865. The number of hydrogen-bond donors (Lipinski definition) is 0. The van der Waals surface area contributed by atoms with E-state index in [4.69, 9.17) is 0 Å². The highest BCUT2D eigenvalue weighted by molar-refractivity contribution is 8.13. The van der Waals surface area contributed by atoms with E-state index in [1.807, 2.05) is 41.3 Å². The van der Waals surface area contributed by atoms with Crippen LogP contribution in [0.25, 0.3) is 17.2 Å². The van der Waals surface area contributed by atoms with E-state index in [2.05, 4.69) is 29.3 Å². The molecule has 2 heterocycles. The third kappa shape index (κ3) is 3.02. The summed E-state index contributed by atoms with van der Waals surface area (Å²) in [6.07, 6.45) is 4.09. The van der Waals surface area contributed by atoms with Crippen molar-refractivity contribution in [3.63, 3.8) is 0 Å². The molecular formula is C20H18N2OS.